The normalized spacial score (nSPS) is 46.5. The molecular weight excluding hydrogens is 705 g/mol. The minimum atomic E-state index is -0.736. The number of hydrogen-bond acceptors (Lipinski definition) is 6. The first-order valence-corrected chi connectivity index (χ1v) is 22.9. The van der Waals surface area contributed by atoms with Crippen molar-refractivity contribution in [3.63, 3.8) is 0 Å². The summed E-state index contributed by atoms with van der Waals surface area (Å²) in [4.78, 5) is 73.3. The molecule has 0 unspecified atom stereocenters. The van der Waals surface area contributed by atoms with Gasteiger partial charge in [0, 0.05) is 62.2 Å². The molecule has 8 aliphatic carbocycles. The maximum atomic E-state index is 13.6. The van der Waals surface area contributed by atoms with Gasteiger partial charge in [-0.25, -0.2) is 0 Å². The third kappa shape index (κ3) is 6.79. The molecule has 8 fully saturated rings. The number of hydrogen-bond donors (Lipinski definition) is 2. The molecule has 0 bridgehead atoms. The quantitative estimate of drug-likeness (QED) is 0.248. The monoisotopic (exact) mass is 777 g/mol. The predicted molar refractivity (Wildman–Crippen MR) is 213 cm³/mol. The van der Waals surface area contributed by atoms with Gasteiger partial charge in [0.05, 0.1) is 0 Å². The fraction of sp³-hybridized carbons (Fsp3) is 0.875. The van der Waals surface area contributed by atoms with E-state index in [1.54, 1.807) is 0 Å². The molecule has 16 atom stereocenters. The molecule has 2 N–H and O–H groups in total. The van der Waals surface area contributed by atoms with E-state index in [4.69, 9.17) is 10.2 Å². The predicted octanol–water partition coefficient (Wildman–Crippen LogP) is 9.79. The number of carboxylic acid groups (broad SMARTS) is 2. The summed E-state index contributed by atoms with van der Waals surface area (Å²) in [5.74, 6) is 5.38. The number of rotatable bonds is 8. The Morgan fingerprint density at radius 3 is 1.29 bits per heavy atom. The van der Waals surface area contributed by atoms with Gasteiger partial charge in [0.25, 0.3) is 0 Å². The summed E-state index contributed by atoms with van der Waals surface area (Å²) >= 11 is 0. The van der Waals surface area contributed by atoms with Gasteiger partial charge in [0.15, 0.2) is 0 Å². The lowest BCUT2D eigenvalue weighted by atomic mass is 9.44. The molecule has 8 saturated carbocycles. The first-order chi connectivity index (χ1) is 26.3. The summed E-state index contributed by atoms with van der Waals surface area (Å²) in [6.45, 7) is 13.5. The van der Waals surface area contributed by atoms with E-state index in [-0.39, 0.29) is 46.3 Å². The van der Waals surface area contributed by atoms with E-state index >= 15 is 0 Å². The standard InChI is InChI=1S/2C24H36O4/c2*1-14(4-9-22(27)28)18-7-8-19-17-6-5-15-12-16(25)10-11-23(15,2)20(17)13-21(26)24(18,19)3/h2*14-15,17-20H,4-13H2,1-3H3,(H,27,28)/t2*14-,15-,17+,18-,19+,20+,23+,24-/m11/s1. The van der Waals surface area contributed by atoms with Crippen molar-refractivity contribution < 1.29 is 39.0 Å². The lowest BCUT2D eigenvalue weighted by molar-refractivity contribution is -0.160. The van der Waals surface area contributed by atoms with Crippen LogP contribution in [0.3, 0.4) is 0 Å². The molecule has 56 heavy (non-hydrogen) atoms. The molecule has 0 aromatic carbocycles. The number of carbonyl (C=O) groups excluding carboxylic acids is 4. The highest BCUT2D eigenvalue weighted by Gasteiger charge is 2.65. The van der Waals surface area contributed by atoms with E-state index in [0.29, 0.717) is 121 Å². The van der Waals surface area contributed by atoms with Crippen molar-refractivity contribution in [1.82, 2.24) is 0 Å². The fourth-order valence-corrected chi connectivity index (χ4v) is 16.5. The molecule has 0 radical (unpaired) electrons. The smallest absolute Gasteiger partial charge is 0.303 e. The molecule has 0 amide bonds. The van der Waals surface area contributed by atoms with Crippen LogP contribution in [-0.4, -0.2) is 45.3 Å². The van der Waals surface area contributed by atoms with E-state index in [1.807, 2.05) is 0 Å². The Labute approximate surface area is 335 Å². The van der Waals surface area contributed by atoms with Gasteiger partial charge in [-0.2, -0.15) is 0 Å². The van der Waals surface area contributed by atoms with Crippen LogP contribution in [-0.2, 0) is 28.8 Å². The van der Waals surface area contributed by atoms with Crippen molar-refractivity contribution in [3.05, 3.63) is 0 Å². The molecule has 0 heterocycles. The number of carboxylic acids is 2. The van der Waals surface area contributed by atoms with Crippen LogP contribution < -0.4 is 0 Å². The molecule has 0 aliphatic heterocycles. The highest BCUT2D eigenvalue weighted by molar-refractivity contribution is 5.88. The molecule has 8 heteroatoms. The highest BCUT2D eigenvalue weighted by atomic mass is 16.4. The van der Waals surface area contributed by atoms with Gasteiger partial charge < -0.3 is 10.2 Å². The lowest BCUT2D eigenvalue weighted by Gasteiger charge is -2.59. The Morgan fingerprint density at radius 2 is 0.929 bits per heavy atom. The van der Waals surface area contributed by atoms with E-state index in [1.165, 1.54) is 12.8 Å². The van der Waals surface area contributed by atoms with E-state index < -0.39 is 11.9 Å². The third-order valence-corrected chi connectivity index (χ3v) is 19.8. The van der Waals surface area contributed by atoms with Gasteiger partial charge >= 0.3 is 11.9 Å². The highest BCUT2D eigenvalue weighted by Crippen LogP contribution is 2.69. The van der Waals surface area contributed by atoms with Crippen LogP contribution in [0.2, 0.25) is 0 Å². The number of fused-ring (bicyclic) bond motifs is 10. The zero-order chi connectivity index (χ0) is 40.5. The second-order valence-corrected chi connectivity index (χ2v) is 21.8. The first kappa shape index (κ1) is 41.8. The Balaban J connectivity index is 0.000000172. The Hall–Kier alpha value is -2.38. The van der Waals surface area contributed by atoms with E-state index in [9.17, 15) is 28.8 Å². The van der Waals surface area contributed by atoms with Gasteiger partial charge in [-0.3, -0.25) is 28.8 Å². The summed E-state index contributed by atoms with van der Waals surface area (Å²) < 4.78 is 0. The van der Waals surface area contributed by atoms with Gasteiger partial charge in [-0.05, 0) is 159 Å². The van der Waals surface area contributed by atoms with Crippen molar-refractivity contribution in [2.75, 3.05) is 0 Å². The average Bonchev–Trinajstić information content (AvgIpc) is 3.70. The zero-order valence-corrected chi connectivity index (χ0v) is 35.4. The van der Waals surface area contributed by atoms with Crippen LogP contribution in [0.1, 0.15) is 170 Å². The maximum absolute atomic E-state index is 13.6. The van der Waals surface area contributed by atoms with Crippen LogP contribution in [0.4, 0.5) is 0 Å². The second-order valence-electron chi connectivity index (χ2n) is 21.8. The summed E-state index contributed by atoms with van der Waals surface area (Å²) in [7, 11) is 0. The van der Waals surface area contributed by atoms with Crippen molar-refractivity contribution >= 4 is 35.1 Å². The Bertz CT molecular complexity index is 1480. The Morgan fingerprint density at radius 1 is 0.554 bits per heavy atom. The molecule has 8 aliphatic rings. The van der Waals surface area contributed by atoms with Gasteiger partial charge in [-0.1, -0.05) is 41.5 Å². The maximum Gasteiger partial charge on any atom is 0.303 e. The molecule has 0 saturated heterocycles. The topological polar surface area (TPSA) is 143 Å². The van der Waals surface area contributed by atoms with Crippen LogP contribution >= 0.6 is 0 Å². The summed E-state index contributed by atoms with van der Waals surface area (Å²) in [6.07, 6.45) is 16.9. The second kappa shape index (κ2) is 15.3. The molecule has 312 valence electrons. The van der Waals surface area contributed by atoms with Crippen molar-refractivity contribution in [2.45, 2.75) is 170 Å². The molecule has 8 nitrogen and oxygen atoms in total. The lowest BCUT2D eigenvalue weighted by Crippen LogP contribution is -2.57. The molecule has 0 spiro atoms. The van der Waals surface area contributed by atoms with Gasteiger partial charge in [0.1, 0.15) is 23.1 Å². The SMILES string of the molecule is C[C@H](CCC(=O)O)[C@H]1CC[C@H]2[C@@H]3CC[C@@H]4CC(=O)CC[C@]4(C)[C@H]3CC(=O)[C@]12C.C[C@H](CCC(=O)O)[C@H]1CC[C@H]2[C@@H]3CC[C@@H]4CC(=O)CC[C@]4(C)[C@H]3CC(=O)[C@]12C. The summed E-state index contributed by atoms with van der Waals surface area (Å²) in [5.41, 5.74) is -0.235. The number of aliphatic carboxylic acids is 2. The summed E-state index contributed by atoms with van der Waals surface area (Å²) in [5, 5.41) is 18.1. The van der Waals surface area contributed by atoms with E-state index in [2.05, 4.69) is 41.5 Å². The van der Waals surface area contributed by atoms with Gasteiger partial charge in [0.2, 0.25) is 0 Å². The number of ketones is 4. The van der Waals surface area contributed by atoms with Crippen LogP contribution in [0.15, 0.2) is 0 Å². The summed E-state index contributed by atoms with van der Waals surface area (Å²) in [6, 6.07) is 0. The van der Waals surface area contributed by atoms with Crippen LogP contribution in [0.5, 0.6) is 0 Å². The minimum absolute atomic E-state index is 0.154. The number of Topliss-reactive ketones (excluding diaryl/α,β-unsaturated/α-hetero) is 4. The molecule has 0 aromatic heterocycles. The van der Waals surface area contributed by atoms with Crippen molar-refractivity contribution in [2.24, 2.45) is 92.7 Å². The van der Waals surface area contributed by atoms with Crippen LogP contribution in [0.25, 0.3) is 0 Å². The molecular formula is C48H72O8. The molecule has 0 aromatic rings. The third-order valence-electron chi connectivity index (χ3n) is 19.8. The van der Waals surface area contributed by atoms with Gasteiger partial charge in [-0.15, -0.1) is 0 Å². The Kier molecular flexibility index (Phi) is 11.4. The largest absolute Gasteiger partial charge is 0.481 e. The minimum Gasteiger partial charge on any atom is -0.481 e. The van der Waals surface area contributed by atoms with E-state index in [0.717, 1.165) is 64.2 Å². The van der Waals surface area contributed by atoms with Crippen molar-refractivity contribution in [1.29, 1.82) is 0 Å². The zero-order valence-electron chi connectivity index (χ0n) is 35.4. The van der Waals surface area contributed by atoms with Crippen LogP contribution in [0, 0.1) is 92.7 Å². The van der Waals surface area contributed by atoms with Crippen molar-refractivity contribution in [3.8, 4) is 0 Å². The molecule has 8 rings (SSSR count). The number of carbonyl (C=O) groups is 6. The fourth-order valence-electron chi connectivity index (χ4n) is 16.5. The average molecular weight is 777 g/mol. The first-order valence-electron chi connectivity index (χ1n) is 22.9.